The molecular weight excluding hydrogens is 470 g/mol. The summed E-state index contributed by atoms with van der Waals surface area (Å²) in [5.41, 5.74) is 2.54. The molecule has 2 aromatic rings. The molecule has 0 amide bonds. The first-order valence-electron chi connectivity index (χ1n) is 15.2. The van der Waals surface area contributed by atoms with Gasteiger partial charge >= 0.3 is 5.97 Å². The van der Waals surface area contributed by atoms with Crippen LogP contribution in [-0.4, -0.2) is 43.8 Å². The predicted octanol–water partition coefficient (Wildman–Crippen LogP) is 8.52. The Labute approximate surface area is 233 Å². The number of carbonyl (C=O) groups is 1. The van der Waals surface area contributed by atoms with Crippen LogP contribution in [0.5, 0.6) is 5.75 Å². The van der Waals surface area contributed by atoms with E-state index in [9.17, 15) is 4.79 Å². The Morgan fingerprint density at radius 2 is 1.34 bits per heavy atom. The zero-order valence-electron chi connectivity index (χ0n) is 24.8. The summed E-state index contributed by atoms with van der Waals surface area (Å²) < 4.78 is 12.1. The second-order valence-corrected chi connectivity index (χ2v) is 11.3. The Morgan fingerprint density at radius 3 is 1.97 bits per heavy atom. The summed E-state index contributed by atoms with van der Waals surface area (Å²) in [6.45, 7) is 5.75. The molecule has 0 saturated heterocycles. The van der Waals surface area contributed by atoms with Gasteiger partial charge in [-0.15, -0.1) is 0 Å². The molecule has 1 unspecified atom stereocenters. The molecule has 0 spiro atoms. The molecule has 0 aromatic heterocycles. The first kappa shape index (κ1) is 31.9. The lowest BCUT2D eigenvalue weighted by Crippen LogP contribution is -2.52. The highest BCUT2D eigenvalue weighted by atomic mass is 16.6. The van der Waals surface area contributed by atoms with Gasteiger partial charge in [0.15, 0.2) is 6.04 Å². The molecular formula is C34H54NO3+. The van der Waals surface area contributed by atoms with Crippen LogP contribution in [0.15, 0.2) is 54.6 Å². The normalized spacial score (nSPS) is 12.3. The average Bonchev–Trinajstić information content (AvgIpc) is 2.90. The van der Waals surface area contributed by atoms with Crippen molar-refractivity contribution in [3.8, 4) is 5.75 Å². The molecule has 38 heavy (non-hydrogen) atoms. The molecule has 0 aliphatic carbocycles. The molecule has 4 heteroatoms. The zero-order chi connectivity index (χ0) is 27.5. The van der Waals surface area contributed by atoms with E-state index < -0.39 is 0 Å². The van der Waals surface area contributed by atoms with Crippen molar-refractivity contribution in [3.63, 3.8) is 0 Å². The van der Waals surface area contributed by atoms with Gasteiger partial charge < -0.3 is 14.0 Å². The number of carbonyl (C=O) groups excluding carboxylic acids is 1. The summed E-state index contributed by atoms with van der Waals surface area (Å²) >= 11 is 0. The van der Waals surface area contributed by atoms with Crippen molar-refractivity contribution in [3.05, 3.63) is 65.7 Å². The number of rotatable bonds is 21. The van der Waals surface area contributed by atoms with Crippen molar-refractivity contribution >= 4 is 5.97 Å². The summed E-state index contributed by atoms with van der Waals surface area (Å²) in [5, 5.41) is 0. The summed E-state index contributed by atoms with van der Waals surface area (Å²) in [6, 6.07) is 18.5. The van der Waals surface area contributed by atoms with Gasteiger partial charge in [-0.25, -0.2) is 4.79 Å². The number of aryl methyl sites for hydroxylation is 1. The first-order valence-corrected chi connectivity index (χ1v) is 15.2. The molecule has 0 N–H and O–H groups in total. The third-order valence-electron chi connectivity index (χ3n) is 7.50. The predicted molar refractivity (Wildman–Crippen MR) is 159 cm³/mol. The fraction of sp³-hybridized carbons (Fsp3) is 0.618. The van der Waals surface area contributed by atoms with Crippen molar-refractivity contribution in [1.82, 2.24) is 0 Å². The highest BCUT2D eigenvalue weighted by Gasteiger charge is 2.34. The number of likely N-dealkylation sites (N-methyl/N-ethyl adjacent to an activating group) is 1. The largest absolute Gasteiger partial charge is 0.490 e. The number of benzene rings is 2. The first-order chi connectivity index (χ1) is 18.5. The van der Waals surface area contributed by atoms with Crippen molar-refractivity contribution in [2.75, 3.05) is 27.3 Å². The summed E-state index contributed by atoms with van der Waals surface area (Å²) in [7, 11) is 4.19. The van der Waals surface area contributed by atoms with Gasteiger partial charge in [-0.05, 0) is 30.5 Å². The molecule has 0 fully saturated rings. The number of nitrogens with zero attached hydrogens (tertiary/aromatic N) is 1. The van der Waals surface area contributed by atoms with Gasteiger partial charge in [0.25, 0.3) is 0 Å². The zero-order valence-corrected chi connectivity index (χ0v) is 24.8. The van der Waals surface area contributed by atoms with E-state index in [1.54, 1.807) is 0 Å². The Kier molecular flexibility index (Phi) is 15.8. The lowest BCUT2D eigenvalue weighted by atomic mass is 10.0. The highest BCUT2D eigenvalue weighted by molar-refractivity contribution is 5.74. The summed E-state index contributed by atoms with van der Waals surface area (Å²) in [5.74, 6) is 0.705. The fourth-order valence-electron chi connectivity index (χ4n) is 5.29. The van der Waals surface area contributed by atoms with Crippen LogP contribution >= 0.6 is 0 Å². The molecule has 0 bridgehead atoms. The van der Waals surface area contributed by atoms with Gasteiger partial charge in [0.05, 0.1) is 14.1 Å². The molecule has 0 radical (unpaired) electrons. The van der Waals surface area contributed by atoms with E-state index in [-0.39, 0.29) is 18.6 Å². The number of hydrogen-bond donors (Lipinski definition) is 0. The van der Waals surface area contributed by atoms with E-state index in [2.05, 4.69) is 58.3 Å². The standard InChI is InChI=1S/C34H54NO3/c1-5-7-8-9-10-11-12-13-14-15-17-21-30-24-20-25-32(28-30)37-26-27-38-34(36)33(6-2)35(3,4)29-31-22-18-16-19-23-31/h16,18-20,22-25,28,33H,5-15,17,21,26-27,29H2,1-4H3/q+1. The minimum absolute atomic E-state index is 0.151. The summed E-state index contributed by atoms with van der Waals surface area (Å²) in [6.07, 6.45) is 16.8. The van der Waals surface area contributed by atoms with Crippen molar-refractivity contribution < 1.29 is 18.8 Å². The Morgan fingerprint density at radius 1 is 0.737 bits per heavy atom. The van der Waals surface area contributed by atoms with Gasteiger partial charge in [-0.1, -0.05) is 121 Å². The van der Waals surface area contributed by atoms with Gasteiger partial charge in [0.2, 0.25) is 0 Å². The molecule has 2 aromatic carbocycles. The van der Waals surface area contributed by atoms with E-state index in [4.69, 9.17) is 9.47 Å². The van der Waals surface area contributed by atoms with Gasteiger partial charge in [0.1, 0.15) is 25.5 Å². The van der Waals surface area contributed by atoms with Crippen LogP contribution in [0.1, 0.15) is 102 Å². The quantitative estimate of drug-likeness (QED) is 0.0932. The number of hydrogen-bond acceptors (Lipinski definition) is 3. The van der Waals surface area contributed by atoms with Crippen LogP contribution in [0.4, 0.5) is 0 Å². The minimum Gasteiger partial charge on any atom is -0.490 e. The van der Waals surface area contributed by atoms with Gasteiger partial charge in [0, 0.05) is 12.0 Å². The number of quaternary nitrogens is 1. The molecule has 0 saturated carbocycles. The highest BCUT2D eigenvalue weighted by Crippen LogP contribution is 2.19. The number of unbranched alkanes of at least 4 members (excludes halogenated alkanes) is 10. The van der Waals surface area contributed by atoms with Gasteiger partial charge in [-0.2, -0.15) is 0 Å². The molecule has 0 aliphatic rings. The molecule has 2 rings (SSSR count). The van der Waals surface area contributed by atoms with E-state index in [0.717, 1.165) is 25.1 Å². The third kappa shape index (κ3) is 13.0. The lowest BCUT2D eigenvalue weighted by molar-refractivity contribution is -0.919. The summed E-state index contributed by atoms with van der Waals surface area (Å²) in [4.78, 5) is 12.9. The molecule has 212 valence electrons. The molecule has 0 aliphatic heterocycles. The second kappa shape index (κ2) is 18.8. The van der Waals surface area contributed by atoms with Crippen molar-refractivity contribution in [2.45, 2.75) is 110 Å². The molecule has 1 atom stereocenters. The van der Waals surface area contributed by atoms with E-state index >= 15 is 0 Å². The topological polar surface area (TPSA) is 35.5 Å². The van der Waals surface area contributed by atoms with Crippen LogP contribution in [0.2, 0.25) is 0 Å². The third-order valence-corrected chi connectivity index (χ3v) is 7.50. The van der Waals surface area contributed by atoms with Crippen LogP contribution in [-0.2, 0) is 22.5 Å². The Bertz CT molecular complexity index is 880. The van der Waals surface area contributed by atoms with E-state index in [1.165, 1.54) is 81.8 Å². The maximum atomic E-state index is 12.9. The molecule has 0 heterocycles. The second-order valence-electron chi connectivity index (χ2n) is 11.3. The minimum atomic E-state index is -0.204. The number of esters is 1. The van der Waals surface area contributed by atoms with Gasteiger partial charge in [-0.3, -0.25) is 0 Å². The maximum absolute atomic E-state index is 12.9. The maximum Gasteiger partial charge on any atom is 0.365 e. The van der Waals surface area contributed by atoms with Crippen LogP contribution in [0, 0.1) is 0 Å². The molecule has 4 nitrogen and oxygen atoms in total. The van der Waals surface area contributed by atoms with Crippen molar-refractivity contribution in [2.24, 2.45) is 0 Å². The smallest absolute Gasteiger partial charge is 0.365 e. The van der Waals surface area contributed by atoms with Crippen LogP contribution in [0.25, 0.3) is 0 Å². The van der Waals surface area contributed by atoms with E-state index in [1.807, 2.05) is 24.3 Å². The van der Waals surface area contributed by atoms with Crippen LogP contribution < -0.4 is 4.74 Å². The average molecular weight is 525 g/mol. The monoisotopic (exact) mass is 524 g/mol. The Hall–Kier alpha value is -2.33. The Balaban J connectivity index is 1.62. The van der Waals surface area contributed by atoms with Crippen molar-refractivity contribution in [1.29, 1.82) is 0 Å². The number of ether oxygens (including phenoxy) is 2. The lowest BCUT2D eigenvalue weighted by Gasteiger charge is -2.36. The fourth-order valence-corrected chi connectivity index (χ4v) is 5.29. The van der Waals surface area contributed by atoms with Crippen LogP contribution in [0.3, 0.4) is 0 Å². The van der Waals surface area contributed by atoms with E-state index in [0.29, 0.717) is 11.1 Å². The SMILES string of the molecule is CCCCCCCCCCCCCc1cccc(OCCOC(=O)C(CC)[N+](C)(C)Cc2ccccc2)c1.